The van der Waals surface area contributed by atoms with Crippen LogP contribution in [0, 0.1) is 0 Å². The van der Waals surface area contributed by atoms with Crippen molar-refractivity contribution in [2.75, 3.05) is 25.0 Å². The monoisotopic (exact) mass is 528 g/mol. The number of imidazole rings is 1. The number of benzene rings is 1. The number of hydrogen-bond acceptors (Lipinski definition) is 6. The average molecular weight is 529 g/mol. The molecule has 1 N–H and O–H groups in total. The molecule has 5 rings (SSSR count). The third kappa shape index (κ3) is 4.60. The zero-order chi connectivity index (χ0) is 22.9. The first kappa shape index (κ1) is 24.0. The van der Waals surface area contributed by atoms with Crippen LogP contribution in [0.5, 0.6) is 0 Å². The number of aryl methyl sites for hydroxylation is 1. The van der Waals surface area contributed by atoms with Crippen molar-refractivity contribution in [3.05, 3.63) is 74.6 Å². The van der Waals surface area contributed by atoms with Gasteiger partial charge in [-0.25, -0.2) is 4.79 Å². The first-order valence-electron chi connectivity index (χ1n) is 11.3. The molecule has 0 atom stereocenters. The molecule has 9 nitrogen and oxygen atoms in total. The van der Waals surface area contributed by atoms with Gasteiger partial charge in [0.15, 0.2) is 11.2 Å². The van der Waals surface area contributed by atoms with Gasteiger partial charge in [-0.05, 0) is 37.6 Å². The maximum atomic E-state index is 12.8. The number of rotatable bonds is 6. The summed E-state index contributed by atoms with van der Waals surface area (Å²) in [5.41, 5.74) is 0.753. The van der Waals surface area contributed by atoms with Crippen molar-refractivity contribution in [1.82, 2.24) is 24.0 Å². The standard InChI is InChI=1S/C24H28N6O3.BrH/c1-27(19-12-11-18(33-19)16-29-13-7-4-8-14-29)23-25-21-20(22(31)26-24(32)28(21)2)30(23)15-17-9-5-3-6-10-17;/h3,5-6,9-12H,4,7-8,13-16H2,1-2H3,(H,26,31,32);1H. The summed E-state index contributed by atoms with van der Waals surface area (Å²) in [6.07, 6.45) is 3.75. The Labute approximate surface area is 207 Å². The summed E-state index contributed by atoms with van der Waals surface area (Å²) < 4.78 is 9.35. The zero-order valence-electron chi connectivity index (χ0n) is 19.4. The predicted molar refractivity (Wildman–Crippen MR) is 137 cm³/mol. The largest absolute Gasteiger partial charge is 0.444 e. The number of nitrogens with one attached hydrogen (secondary N) is 1. The lowest BCUT2D eigenvalue weighted by Crippen LogP contribution is -2.29. The number of aromatic nitrogens is 4. The molecule has 1 saturated heterocycles. The van der Waals surface area contributed by atoms with E-state index < -0.39 is 11.2 Å². The van der Waals surface area contributed by atoms with Crippen molar-refractivity contribution in [2.45, 2.75) is 32.4 Å². The van der Waals surface area contributed by atoms with E-state index in [1.54, 1.807) is 7.05 Å². The molecule has 180 valence electrons. The number of anilines is 2. The number of hydrogen-bond donors (Lipinski definition) is 1. The van der Waals surface area contributed by atoms with Gasteiger partial charge in [-0.1, -0.05) is 36.8 Å². The average Bonchev–Trinajstić information content (AvgIpc) is 3.44. The molecule has 0 saturated carbocycles. The molecule has 10 heteroatoms. The van der Waals surface area contributed by atoms with Crippen LogP contribution < -0.4 is 16.1 Å². The molecular weight excluding hydrogens is 500 g/mol. The van der Waals surface area contributed by atoms with Crippen molar-refractivity contribution in [3.63, 3.8) is 0 Å². The van der Waals surface area contributed by atoms with E-state index in [1.807, 2.05) is 59.0 Å². The number of likely N-dealkylation sites (tertiary alicyclic amines) is 1. The van der Waals surface area contributed by atoms with E-state index >= 15 is 0 Å². The van der Waals surface area contributed by atoms with E-state index in [0.717, 1.165) is 31.0 Å². The van der Waals surface area contributed by atoms with Crippen LogP contribution in [0.3, 0.4) is 0 Å². The molecule has 1 fully saturated rings. The lowest BCUT2D eigenvalue weighted by atomic mass is 10.1. The first-order valence-corrected chi connectivity index (χ1v) is 11.3. The predicted octanol–water partition coefficient (Wildman–Crippen LogP) is 3.40. The van der Waals surface area contributed by atoms with Crippen LogP contribution in [0.15, 0.2) is 56.5 Å². The Hall–Kier alpha value is -3.11. The summed E-state index contributed by atoms with van der Waals surface area (Å²) in [7, 11) is 3.46. The van der Waals surface area contributed by atoms with Crippen molar-refractivity contribution >= 4 is 40.0 Å². The molecule has 0 spiro atoms. The number of piperidine rings is 1. The highest BCUT2D eigenvalue weighted by Gasteiger charge is 2.23. The number of aromatic amines is 1. The summed E-state index contributed by atoms with van der Waals surface area (Å²) in [4.78, 5) is 36.3. The minimum Gasteiger partial charge on any atom is -0.444 e. The maximum absolute atomic E-state index is 12.8. The molecule has 4 heterocycles. The number of nitrogens with zero attached hydrogens (tertiary/aromatic N) is 5. The Bertz CT molecular complexity index is 1380. The molecular formula is C24H29BrN6O3. The molecule has 1 aromatic carbocycles. The fourth-order valence-corrected chi connectivity index (χ4v) is 4.46. The highest BCUT2D eigenvalue weighted by atomic mass is 79.9. The molecule has 0 bridgehead atoms. The van der Waals surface area contributed by atoms with Crippen LogP contribution in [0.4, 0.5) is 11.8 Å². The van der Waals surface area contributed by atoms with Crippen LogP contribution in [0.2, 0.25) is 0 Å². The fraction of sp³-hybridized carbons (Fsp3) is 0.375. The minimum atomic E-state index is -0.493. The summed E-state index contributed by atoms with van der Waals surface area (Å²) in [6, 6.07) is 13.8. The highest BCUT2D eigenvalue weighted by Crippen LogP contribution is 2.28. The Morgan fingerprint density at radius 3 is 2.50 bits per heavy atom. The fourth-order valence-electron chi connectivity index (χ4n) is 4.46. The molecule has 1 aliphatic heterocycles. The van der Waals surface area contributed by atoms with E-state index in [-0.39, 0.29) is 17.0 Å². The Balaban J connectivity index is 0.00000274. The van der Waals surface area contributed by atoms with E-state index in [1.165, 1.54) is 23.8 Å². The topological polar surface area (TPSA) is 92.3 Å². The SMILES string of the molecule is Br.CN(c1ccc(CN2CCCCC2)o1)c1nc2c(c(=O)[nH]c(=O)n2C)n1Cc1ccccc1. The quantitative estimate of drug-likeness (QED) is 0.412. The molecule has 1 aliphatic rings. The van der Waals surface area contributed by atoms with Crippen LogP contribution in [-0.2, 0) is 20.1 Å². The van der Waals surface area contributed by atoms with E-state index in [0.29, 0.717) is 29.5 Å². The molecule has 4 aromatic rings. The number of H-pyrrole nitrogens is 1. The van der Waals surface area contributed by atoms with Crippen LogP contribution in [0.25, 0.3) is 11.2 Å². The van der Waals surface area contributed by atoms with Crippen LogP contribution >= 0.6 is 17.0 Å². The number of fused-ring (bicyclic) bond motifs is 1. The van der Waals surface area contributed by atoms with Crippen molar-refractivity contribution < 1.29 is 4.42 Å². The highest BCUT2D eigenvalue weighted by molar-refractivity contribution is 8.93. The maximum Gasteiger partial charge on any atom is 0.329 e. The minimum absolute atomic E-state index is 0. The third-order valence-corrected chi connectivity index (χ3v) is 6.28. The van der Waals surface area contributed by atoms with E-state index in [9.17, 15) is 9.59 Å². The molecule has 0 unspecified atom stereocenters. The van der Waals surface area contributed by atoms with Gasteiger partial charge in [-0.2, -0.15) is 4.98 Å². The van der Waals surface area contributed by atoms with Crippen molar-refractivity contribution in [1.29, 1.82) is 0 Å². The molecule has 0 amide bonds. The van der Waals surface area contributed by atoms with Gasteiger partial charge in [0, 0.05) is 20.2 Å². The van der Waals surface area contributed by atoms with Gasteiger partial charge in [0.25, 0.3) is 5.56 Å². The van der Waals surface area contributed by atoms with Gasteiger partial charge < -0.3 is 4.42 Å². The number of furan rings is 1. The van der Waals surface area contributed by atoms with E-state index in [2.05, 4.69) is 9.88 Å². The Morgan fingerprint density at radius 2 is 1.76 bits per heavy atom. The Kier molecular flexibility index (Phi) is 7.08. The van der Waals surface area contributed by atoms with Gasteiger partial charge in [-0.3, -0.25) is 28.7 Å². The lowest BCUT2D eigenvalue weighted by molar-refractivity contribution is 0.205. The second-order valence-electron chi connectivity index (χ2n) is 8.61. The normalized spacial score (nSPS) is 14.3. The lowest BCUT2D eigenvalue weighted by Gasteiger charge is -2.25. The zero-order valence-corrected chi connectivity index (χ0v) is 21.1. The van der Waals surface area contributed by atoms with Gasteiger partial charge >= 0.3 is 5.69 Å². The van der Waals surface area contributed by atoms with Crippen molar-refractivity contribution in [3.8, 4) is 0 Å². The van der Waals surface area contributed by atoms with Gasteiger partial charge in [0.2, 0.25) is 11.8 Å². The molecule has 0 aliphatic carbocycles. The summed E-state index contributed by atoms with van der Waals surface area (Å²) in [6.45, 7) is 3.40. The van der Waals surface area contributed by atoms with Crippen molar-refractivity contribution in [2.24, 2.45) is 7.05 Å². The molecule has 34 heavy (non-hydrogen) atoms. The third-order valence-electron chi connectivity index (χ3n) is 6.28. The van der Waals surface area contributed by atoms with Crippen LogP contribution in [0.1, 0.15) is 30.6 Å². The van der Waals surface area contributed by atoms with Gasteiger partial charge in [-0.15, -0.1) is 17.0 Å². The number of halogens is 1. The molecule has 3 aromatic heterocycles. The molecule has 0 radical (unpaired) electrons. The van der Waals surface area contributed by atoms with Gasteiger partial charge in [0.1, 0.15) is 5.76 Å². The summed E-state index contributed by atoms with van der Waals surface area (Å²) >= 11 is 0. The Morgan fingerprint density at radius 1 is 1.03 bits per heavy atom. The summed E-state index contributed by atoms with van der Waals surface area (Å²) in [5.74, 6) is 2.06. The van der Waals surface area contributed by atoms with Gasteiger partial charge in [0.05, 0.1) is 13.1 Å². The second kappa shape index (κ2) is 10.0. The summed E-state index contributed by atoms with van der Waals surface area (Å²) in [5, 5.41) is 0. The smallest absolute Gasteiger partial charge is 0.329 e. The first-order chi connectivity index (χ1) is 16.0. The van der Waals surface area contributed by atoms with E-state index in [4.69, 9.17) is 9.40 Å². The second-order valence-corrected chi connectivity index (χ2v) is 8.61. The van der Waals surface area contributed by atoms with Crippen LogP contribution in [-0.4, -0.2) is 44.1 Å².